The summed E-state index contributed by atoms with van der Waals surface area (Å²) in [6, 6.07) is 7.69. The number of anilines is 1. The molecule has 5 heteroatoms. The van der Waals surface area contributed by atoms with Crippen molar-refractivity contribution < 1.29 is 4.79 Å². The van der Waals surface area contributed by atoms with Crippen LogP contribution in [0.15, 0.2) is 29.3 Å². The molecule has 0 unspecified atom stereocenters. The molecule has 0 fully saturated rings. The van der Waals surface area contributed by atoms with Crippen LogP contribution in [0.2, 0.25) is 0 Å². The SMILES string of the molecule is CCCCNC(N)=NCc1cccc(NC(=O)CCC)c1. The van der Waals surface area contributed by atoms with Gasteiger partial charge in [-0.1, -0.05) is 32.4 Å². The molecule has 0 aliphatic rings. The molecule has 0 aromatic heterocycles. The quantitative estimate of drug-likeness (QED) is 0.391. The number of rotatable bonds is 8. The van der Waals surface area contributed by atoms with Crippen molar-refractivity contribution in [2.45, 2.75) is 46.1 Å². The van der Waals surface area contributed by atoms with Gasteiger partial charge in [0.15, 0.2) is 5.96 Å². The van der Waals surface area contributed by atoms with Gasteiger partial charge < -0.3 is 16.4 Å². The highest BCUT2D eigenvalue weighted by Gasteiger charge is 2.01. The molecule has 0 heterocycles. The van der Waals surface area contributed by atoms with E-state index >= 15 is 0 Å². The van der Waals surface area contributed by atoms with E-state index in [2.05, 4.69) is 22.5 Å². The van der Waals surface area contributed by atoms with E-state index in [-0.39, 0.29) is 5.91 Å². The van der Waals surface area contributed by atoms with Gasteiger partial charge in [-0.05, 0) is 30.5 Å². The maximum absolute atomic E-state index is 11.6. The number of guanidine groups is 1. The Morgan fingerprint density at radius 3 is 2.81 bits per heavy atom. The number of aliphatic imine (C=N–C) groups is 1. The Hall–Kier alpha value is -2.04. The van der Waals surface area contributed by atoms with Crippen LogP contribution in [0.1, 0.15) is 45.1 Å². The second kappa shape index (κ2) is 9.80. The van der Waals surface area contributed by atoms with Gasteiger partial charge in [-0.3, -0.25) is 4.79 Å². The third kappa shape index (κ3) is 7.34. The molecule has 0 atom stereocenters. The number of unbranched alkanes of at least 4 members (excludes halogenated alkanes) is 1. The molecule has 1 amide bonds. The fourth-order valence-corrected chi connectivity index (χ4v) is 1.82. The third-order valence-electron chi connectivity index (χ3n) is 2.96. The fourth-order valence-electron chi connectivity index (χ4n) is 1.82. The molecule has 5 nitrogen and oxygen atoms in total. The average Bonchev–Trinajstić information content (AvgIpc) is 2.46. The number of hydrogen-bond acceptors (Lipinski definition) is 2. The molecule has 0 saturated carbocycles. The highest BCUT2D eigenvalue weighted by molar-refractivity contribution is 5.90. The second-order valence-corrected chi connectivity index (χ2v) is 4.98. The lowest BCUT2D eigenvalue weighted by Gasteiger charge is -2.07. The van der Waals surface area contributed by atoms with Gasteiger partial charge >= 0.3 is 0 Å². The Kier molecular flexibility index (Phi) is 7.94. The summed E-state index contributed by atoms with van der Waals surface area (Å²) in [6.45, 7) is 5.47. The van der Waals surface area contributed by atoms with E-state index in [1.165, 1.54) is 0 Å². The summed E-state index contributed by atoms with van der Waals surface area (Å²) in [4.78, 5) is 15.9. The Labute approximate surface area is 127 Å². The van der Waals surface area contributed by atoms with Crippen molar-refractivity contribution >= 4 is 17.6 Å². The van der Waals surface area contributed by atoms with Gasteiger partial charge in [0.1, 0.15) is 0 Å². The topological polar surface area (TPSA) is 79.5 Å². The predicted molar refractivity (Wildman–Crippen MR) is 88.2 cm³/mol. The van der Waals surface area contributed by atoms with Crippen LogP contribution in [0.4, 0.5) is 5.69 Å². The van der Waals surface area contributed by atoms with E-state index in [1.54, 1.807) is 0 Å². The van der Waals surface area contributed by atoms with E-state index in [4.69, 9.17) is 5.73 Å². The Bertz CT molecular complexity index is 471. The first-order valence-electron chi connectivity index (χ1n) is 7.58. The minimum Gasteiger partial charge on any atom is -0.370 e. The monoisotopic (exact) mass is 290 g/mol. The zero-order valence-electron chi connectivity index (χ0n) is 13.0. The van der Waals surface area contributed by atoms with Crippen LogP contribution in [0.5, 0.6) is 0 Å². The van der Waals surface area contributed by atoms with E-state index in [9.17, 15) is 4.79 Å². The van der Waals surface area contributed by atoms with Gasteiger partial charge in [-0.2, -0.15) is 0 Å². The van der Waals surface area contributed by atoms with Crippen LogP contribution < -0.4 is 16.4 Å². The fraction of sp³-hybridized carbons (Fsp3) is 0.500. The van der Waals surface area contributed by atoms with Crippen LogP contribution in [-0.4, -0.2) is 18.4 Å². The van der Waals surface area contributed by atoms with Gasteiger partial charge in [-0.25, -0.2) is 4.99 Å². The van der Waals surface area contributed by atoms with Crippen LogP contribution in [0.25, 0.3) is 0 Å². The molecule has 116 valence electrons. The summed E-state index contributed by atoms with van der Waals surface area (Å²) >= 11 is 0. The highest BCUT2D eigenvalue weighted by atomic mass is 16.1. The highest BCUT2D eigenvalue weighted by Crippen LogP contribution is 2.12. The number of carbonyl (C=O) groups is 1. The van der Waals surface area contributed by atoms with E-state index in [1.807, 2.05) is 31.2 Å². The van der Waals surface area contributed by atoms with Crippen molar-refractivity contribution in [2.75, 3.05) is 11.9 Å². The molecule has 0 bridgehead atoms. The summed E-state index contributed by atoms with van der Waals surface area (Å²) in [6.07, 6.45) is 3.58. The molecule has 1 rings (SSSR count). The summed E-state index contributed by atoms with van der Waals surface area (Å²) in [5, 5.41) is 5.95. The smallest absolute Gasteiger partial charge is 0.224 e. The molecule has 4 N–H and O–H groups in total. The molecule has 0 aliphatic carbocycles. The Morgan fingerprint density at radius 1 is 1.29 bits per heavy atom. The average molecular weight is 290 g/mol. The van der Waals surface area contributed by atoms with Gasteiger partial charge in [0.25, 0.3) is 0 Å². The van der Waals surface area contributed by atoms with Crippen molar-refractivity contribution in [1.82, 2.24) is 5.32 Å². The second-order valence-electron chi connectivity index (χ2n) is 4.98. The predicted octanol–water partition coefficient (Wildman–Crippen LogP) is 2.63. The number of nitrogens with two attached hydrogens (primary N) is 1. The molecule has 0 aliphatic heterocycles. The number of benzene rings is 1. The minimum absolute atomic E-state index is 0.0406. The molecule has 0 saturated heterocycles. The van der Waals surface area contributed by atoms with Gasteiger partial charge in [0, 0.05) is 18.7 Å². The molecular formula is C16H26N4O. The van der Waals surface area contributed by atoms with Gasteiger partial charge in [0.2, 0.25) is 5.91 Å². The van der Waals surface area contributed by atoms with Crippen molar-refractivity contribution in [3.63, 3.8) is 0 Å². The Morgan fingerprint density at radius 2 is 2.10 bits per heavy atom. The molecule has 1 aromatic rings. The molecule has 0 radical (unpaired) electrons. The van der Waals surface area contributed by atoms with Crippen molar-refractivity contribution in [3.8, 4) is 0 Å². The molecular weight excluding hydrogens is 264 g/mol. The largest absolute Gasteiger partial charge is 0.370 e. The third-order valence-corrected chi connectivity index (χ3v) is 2.96. The number of nitrogens with zero attached hydrogens (tertiary/aromatic N) is 1. The number of hydrogen-bond donors (Lipinski definition) is 3. The molecule has 21 heavy (non-hydrogen) atoms. The summed E-state index contributed by atoms with van der Waals surface area (Å²) in [7, 11) is 0. The first kappa shape index (κ1) is 17.0. The van der Waals surface area contributed by atoms with E-state index in [0.717, 1.165) is 37.1 Å². The van der Waals surface area contributed by atoms with Crippen LogP contribution in [-0.2, 0) is 11.3 Å². The van der Waals surface area contributed by atoms with E-state index in [0.29, 0.717) is 18.9 Å². The first-order chi connectivity index (χ1) is 10.2. The summed E-state index contributed by atoms with van der Waals surface area (Å²) in [5.41, 5.74) is 7.61. The Balaban J connectivity index is 2.52. The lowest BCUT2D eigenvalue weighted by molar-refractivity contribution is -0.116. The minimum atomic E-state index is 0.0406. The zero-order chi connectivity index (χ0) is 15.5. The molecule has 1 aromatic carbocycles. The van der Waals surface area contributed by atoms with Gasteiger partial charge in [-0.15, -0.1) is 0 Å². The lowest BCUT2D eigenvalue weighted by atomic mass is 10.2. The number of amides is 1. The van der Waals surface area contributed by atoms with Gasteiger partial charge in [0.05, 0.1) is 6.54 Å². The summed E-state index contributed by atoms with van der Waals surface area (Å²) in [5.74, 6) is 0.503. The van der Waals surface area contributed by atoms with Crippen LogP contribution in [0.3, 0.4) is 0 Å². The van der Waals surface area contributed by atoms with Crippen LogP contribution >= 0.6 is 0 Å². The standard InChI is InChI=1S/C16H26N4O/c1-3-5-10-18-16(17)19-12-13-8-6-9-14(11-13)20-15(21)7-4-2/h6,8-9,11H,3-5,7,10,12H2,1-2H3,(H,20,21)(H3,17,18,19). The normalized spacial score (nSPS) is 11.2. The van der Waals surface area contributed by atoms with Crippen LogP contribution in [0, 0.1) is 0 Å². The van der Waals surface area contributed by atoms with E-state index < -0.39 is 0 Å². The number of nitrogens with one attached hydrogen (secondary N) is 2. The van der Waals surface area contributed by atoms with Crippen molar-refractivity contribution in [1.29, 1.82) is 0 Å². The maximum atomic E-state index is 11.6. The van der Waals surface area contributed by atoms with Crippen molar-refractivity contribution in [3.05, 3.63) is 29.8 Å². The summed E-state index contributed by atoms with van der Waals surface area (Å²) < 4.78 is 0. The lowest BCUT2D eigenvalue weighted by Crippen LogP contribution is -2.32. The maximum Gasteiger partial charge on any atom is 0.224 e. The number of carbonyl (C=O) groups excluding carboxylic acids is 1. The van der Waals surface area contributed by atoms with Crippen molar-refractivity contribution in [2.24, 2.45) is 10.7 Å². The molecule has 0 spiro atoms. The zero-order valence-corrected chi connectivity index (χ0v) is 13.0. The first-order valence-corrected chi connectivity index (χ1v) is 7.58.